The summed E-state index contributed by atoms with van der Waals surface area (Å²) in [6.45, 7) is 11.5. The SMILES string of the molecule is Cc1cc(C(C)(C)c2ccccc2)cc(C(C)(C)c2ccccc2)c1. The van der Waals surface area contributed by atoms with Gasteiger partial charge in [0.15, 0.2) is 0 Å². The highest BCUT2D eigenvalue weighted by atomic mass is 14.3. The molecule has 3 rings (SSSR count). The Bertz CT molecular complexity index is 770. The van der Waals surface area contributed by atoms with Gasteiger partial charge in [0.05, 0.1) is 0 Å². The lowest BCUT2D eigenvalue weighted by Crippen LogP contribution is -2.23. The van der Waals surface area contributed by atoms with E-state index in [9.17, 15) is 0 Å². The first-order valence-corrected chi connectivity index (χ1v) is 9.05. The highest BCUT2D eigenvalue weighted by Gasteiger charge is 2.28. The zero-order valence-corrected chi connectivity index (χ0v) is 16.0. The molecule has 0 saturated heterocycles. The van der Waals surface area contributed by atoms with E-state index in [2.05, 4.69) is 113 Å². The molecular formula is C25H28. The van der Waals surface area contributed by atoms with Crippen LogP contribution in [0.3, 0.4) is 0 Å². The van der Waals surface area contributed by atoms with Crippen LogP contribution in [0.4, 0.5) is 0 Å². The normalized spacial score (nSPS) is 12.2. The van der Waals surface area contributed by atoms with Crippen LogP contribution in [0, 0.1) is 6.92 Å². The summed E-state index contributed by atoms with van der Waals surface area (Å²) in [4.78, 5) is 0. The average Bonchev–Trinajstić information content (AvgIpc) is 2.62. The molecule has 0 nitrogen and oxygen atoms in total. The van der Waals surface area contributed by atoms with Crippen molar-refractivity contribution in [2.45, 2.75) is 45.4 Å². The molecule has 0 amide bonds. The lowest BCUT2D eigenvalue weighted by atomic mass is 9.73. The lowest BCUT2D eigenvalue weighted by Gasteiger charge is -2.31. The monoisotopic (exact) mass is 328 g/mol. The molecule has 128 valence electrons. The van der Waals surface area contributed by atoms with Crippen molar-refractivity contribution in [2.24, 2.45) is 0 Å². The number of hydrogen-bond donors (Lipinski definition) is 0. The van der Waals surface area contributed by atoms with Crippen molar-refractivity contribution in [3.05, 3.63) is 107 Å². The van der Waals surface area contributed by atoms with E-state index in [0.717, 1.165) is 0 Å². The van der Waals surface area contributed by atoms with Gasteiger partial charge in [-0.1, -0.05) is 112 Å². The van der Waals surface area contributed by atoms with Gasteiger partial charge in [-0.3, -0.25) is 0 Å². The summed E-state index contributed by atoms with van der Waals surface area (Å²) in [7, 11) is 0. The third-order valence-electron chi connectivity index (χ3n) is 5.51. The maximum absolute atomic E-state index is 2.40. The Labute approximate surface area is 152 Å². The summed E-state index contributed by atoms with van der Waals surface area (Å²) in [5.74, 6) is 0. The molecule has 0 spiro atoms. The quantitative estimate of drug-likeness (QED) is 0.503. The summed E-state index contributed by atoms with van der Waals surface area (Å²) in [6.07, 6.45) is 0. The summed E-state index contributed by atoms with van der Waals surface area (Å²) < 4.78 is 0. The Balaban J connectivity index is 2.10. The van der Waals surface area contributed by atoms with E-state index in [1.54, 1.807) is 0 Å². The topological polar surface area (TPSA) is 0 Å². The molecule has 0 heterocycles. The van der Waals surface area contributed by atoms with Gasteiger partial charge in [-0.05, 0) is 29.2 Å². The minimum Gasteiger partial charge on any atom is -0.0622 e. The molecule has 0 aliphatic rings. The van der Waals surface area contributed by atoms with Crippen LogP contribution >= 0.6 is 0 Å². The zero-order valence-electron chi connectivity index (χ0n) is 16.0. The summed E-state index contributed by atoms with van der Waals surface area (Å²) in [6, 6.07) is 28.6. The first kappa shape index (κ1) is 17.5. The molecule has 0 aliphatic heterocycles. The average molecular weight is 328 g/mol. The maximum Gasteiger partial charge on any atom is 0.0146 e. The van der Waals surface area contributed by atoms with Gasteiger partial charge in [-0.2, -0.15) is 0 Å². The Hall–Kier alpha value is -2.34. The van der Waals surface area contributed by atoms with E-state index in [1.165, 1.54) is 27.8 Å². The van der Waals surface area contributed by atoms with Crippen LogP contribution in [0.15, 0.2) is 78.9 Å². The van der Waals surface area contributed by atoms with Gasteiger partial charge in [0.1, 0.15) is 0 Å². The molecule has 0 unspecified atom stereocenters. The molecule has 0 bridgehead atoms. The molecule has 3 aromatic rings. The van der Waals surface area contributed by atoms with E-state index in [0.29, 0.717) is 0 Å². The molecule has 0 N–H and O–H groups in total. The van der Waals surface area contributed by atoms with Crippen molar-refractivity contribution in [3.63, 3.8) is 0 Å². The second-order valence-corrected chi connectivity index (χ2v) is 8.07. The Morgan fingerprint density at radius 1 is 0.480 bits per heavy atom. The van der Waals surface area contributed by atoms with Crippen LogP contribution in [0.2, 0.25) is 0 Å². The third-order valence-corrected chi connectivity index (χ3v) is 5.51. The fourth-order valence-corrected chi connectivity index (χ4v) is 3.55. The molecule has 0 atom stereocenters. The van der Waals surface area contributed by atoms with Gasteiger partial charge in [0.2, 0.25) is 0 Å². The predicted molar refractivity (Wildman–Crippen MR) is 108 cm³/mol. The standard InChI is InChI=1S/C25H28/c1-19-16-22(24(2,3)20-12-8-6-9-13-20)18-23(17-19)25(4,5)21-14-10-7-11-15-21/h6-18H,1-5H3. The van der Waals surface area contributed by atoms with Crippen LogP contribution < -0.4 is 0 Å². The van der Waals surface area contributed by atoms with E-state index in [-0.39, 0.29) is 10.8 Å². The molecule has 0 fully saturated rings. The van der Waals surface area contributed by atoms with Gasteiger partial charge >= 0.3 is 0 Å². The summed E-state index contributed by atoms with van der Waals surface area (Å²) in [5, 5.41) is 0. The molecular weight excluding hydrogens is 300 g/mol. The largest absolute Gasteiger partial charge is 0.0622 e. The fraction of sp³-hybridized carbons (Fsp3) is 0.280. The number of aryl methyl sites for hydroxylation is 1. The van der Waals surface area contributed by atoms with Gasteiger partial charge in [-0.25, -0.2) is 0 Å². The number of hydrogen-bond acceptors (Lipinski definition) is 0. The van der Waals surface area contributed by atoms with Crippen LogP contribution in [0.5, 0.6) is 0 Å². The fourth-order valence-electron chi connectivity index (χ4n) is 3.55. The van der Waals surface area contributed by atoms with Crippen LogP contribution in [-0.2, 0) is 10.8 Å². The van der Waals surface area contributed by atoms with E-state index < -0.39 is 0 Å². The molecule has 0 heteroatoms. The number of benzene rings is 3. The van der Waals surface area contributed by atoms with Crippen LogP contribution in [0.25, 0.3) is 0 Å². The first-order chi connectivity index (χ1) is 11.8. The first-order valence-electron chi connectivity index (χ1n) is 9.05. The second-order valence-electron chi connectivity index (χ2n) is 8.07. The molecule has 0 radical (unpaired) electrons. The van der Waals surface area contributed by atoms with E-state index in [4.69, 9.17) is 0 Å². The maximum atomic E-state index is 2.40. The predicted octanol–water partition coefficient (Wildman–Crippen LogP) is 6.65. The van der Waals surface area contributed by atoms with Gasteiger partial charge in [0.25, 0.3) is 0 Å². The van der Waals surface area contributed by atoms with Crippen LogP contribution in [-0.4, -0.2) is 0 Å². The molecule has 0 aromatic heterocycles. The summed E-state index contributed by atoms with van der Waals surface area (Å²) >= 11 is 0. The molecule has 0 saturated carbocycles. The lowest BCUT2D eigenvalue weighted by molar-refractivity contribution is 0.616. The molecule has 25 heavy (non-hydrogen) atoms. The van der Waals surface area contributed by atoms with Crippen LogP contribution in [0.1, 0.15) is 55.5 Å². The van der Waals surface area contributed by atoms with Gasteiger partial charge in [0, 0.05) is 10.8 Å². The minimum atomic E-state index is -0.0190. The van der Waals surface area contributed by atoms with E-state index >= 15 is 0 Å². The summed E-state index contributed by atoms with van der Waals surface area (Å²) in [5.41, 5.74) is 6.73. The van der Waals surface area contributed by atoms with Crippen molar-refractivity contribution < 1.29 is 0 Å². The Morgan fingerprint density at radius 2 is 0.840 bits per heavy atom. The Kier molecular flexibility index (Phi) is 4.56. The van der Waals surface area contributed by atoms with E-state index in [1.807, 2.05) is 0 Å². The minimum absolute atomic E-state index is 0.0190. The molecule has 0 aliphatic carbocycles. The van der Waals surface area contributed by atoms with Gasteiger partial charge < -0.3 is 0 Å². The Morgan fingerprint density at radius 3 is 1.20 bits per heavy atom. The highest BCUT2D eigenvalue weighted by molar-refractivity contribution is 5.46. The number of rotatable bonds is 4. The van der Waals surface area contributed by atoms with Gasteiger partial charge in [-0.15, -0.1) is 0 Å². The zero-order chi connectivity index (χ0) is 18.1. The van der Waals surface area contributed by atoms with Crippen molar-refractivity contribution in [3.8, 4) is 0 Å². The smallest absolute Gasteiger partial charge is 0.0146 e. The van der Waals surface area contributed by atoms with Crippen molar-refractivity contribution in [2.75, 3.05) is 0 Å². The second kappa shape index (κ2) is 6.52. The van der Waals surface area contributed by atoms with Crippen molar-refractivity contribution in [1.82, 2.24) is 0 Å². The van der Waals surface area contributed by atoms with Crippen molar-refractivity contribution in [1.29, 1.82) is 0 Å². The van der Waals surface area contributed by atoms with Crippen molar-refractivity contribution >= 4 is 0 Å². The third kappa shape index (κ3) is 3.39. The molecule has 3 aromatic carbocycles. The highest BCUT2D eigenvalue weighted by Crippen LogP contribution is 2.37.